The molecule has 1 atom stereocenters. The number of nitrogen functional groups attached to an aromatic ring is 1. The van der Waals surface area contributed by atoms with Crippen molar-refractivity contribution in [2.45, 2.75) is 18.9 Å². The molecule has 0 saturated carbocycles. The first-order valence-electron chi connectivity index (χ1n) is 7.58. The molecule has 0 aliphatic carbocycles. The molecule has 2 N–H and O–H groups in total. The molecule has 23 heavy (non-hydrogen) atoms. The molecular weight excluding hydrogens is 294 g/mol. The van der Waals surface area contributed by atoms with Crippen molar-refractivity contribution in [2.24, 2.45) is 0 Å². The van der Waals surface area contributed by atoms with Crippen LogP contribution in [0.25, 0.3) is 0 Å². The van der Waals surface area contributed by atoms with Crippen LogP contribution in [0.5, 0.6) is 0 Å². The molecule has 0 aromatic carbocycles. The van der Waals surface area contributed by atoms with Crippen LogP contribution >= 0.6 is 0 Å². The summed E-state index contributed by atoms with van der Waals surface area (Å²) in [7, 11) is 0. The smallest absolute Gasteiger partial charge is 0.223 e. The highest BCUT2D eigenvalue weighted by atomic mass is 16.5. The van der Waals surface area contributed by atoms with Crippen LogP contribution in [0.2, 0.25) is 0 Å². The quantitative estimate of drug-likeness (QED) is 0.904. The number of aryl methyl sites for hydroxylation is 1. The second-order valence-electron chi connectivity index (χ2n) is 5.39. The fourth-order valence-corrected chi connectivity index (χ4v) is 2.60. The maximum absolute atomic E-state index is 12.4. The fraction of sp³-hybridized carbons (Fsp3) is 0.375. The van der Waals surface area contributed by atoms with Gasteiger partial charge in [-0.1, -0.05) is 6.07 Å². The molecule has 0 spiro atoms. The molecule has 0 bridgehead atoms. The van der Waals surface area contributed by atoms with Crippen LogP contribution in [-0.4, -0.2) is 45.5 Å². The van der Waals surface area contributed by atoms with E-state index in [1.54, 1.807) is 29.7 Å². The third kappa shape index (κ3) is 3.81. The molecule has 1 saturated heterocycles. The monoisotopic (exact) mass is 313 g/mol. The number of anilines is 1. The van der Waals surface area contributed by atoms with Gasteiger partial charge in [0.2, 0.25) is 5.91 Å². The lowest BCUT2D eigenvalue weighted by molar-refractivity contribution is -0.139. The van der Waals surface area contributed by atoms with Gasteiger partial charge in [0.25, 0.3) is 0 Å². The Bertz CT molecular complexity index is 665. The molecule has 1 fully saturated rings. The Morgan fingerprint density at radius 3 is 3.00 bits per heavy atom. The van der Waals surface area contributed by atoms with Crippen LogP contribution < -0.4 is 5.73 Å². The van der Waals surface area contributed by atoms with Crippen LogP contribution in [0.15, 0.2) is 36.9 Å². The minimum absolute atomic E-state index is 0.101. The van der Waals surface area contributed by atoms with Crippen molar-refractivity contribution in [3.63, 3.8) is 0 Å². The van der Waals surface area contributed by atoms with Gasteiger partial charge in [-0.3, -0.25) is 14.8 Å². The predicted molar refractivity (Wildman–Crippen MR) is 84.3 cm³/mol. The zero-order chi connectivity index (χ0) is 16.1. The van der Waals surface area contributed by atoms with Gasteiger partial charge >= 0.3 is 0 Å². The molecular formula is C16H19N5O2. The lowest BCUT2D eigenvalue weighted by atomic mass is 10.1. The van der Waals surface area contributed by atoms with Crippen LogP contribution in [0.1, 0.15) is 23.8 Å². The zero-order valence-corrected chi connectivity index (χ0v) is 12.8. The number of rotatable bonds is 4. The highest BCUT2D eigenvalue weighted by molar-refractivity contribution is 5.76. The Morgan fingerprint density at radius 2 is 2.22 bits per heavy atom. The lowest BCUT2D eigenvalue weighted by Gasteiger charge is -2.33. The van der Waals surface area contributed by atoms with Crippen LogP contribution in [0.4, 0.5) is 5.82 Å². The largest absolute Gasteiger partial charge is 0.382 e. The second-order valence-corrected chi connectivity index (χ2v) is 5.39. The van der Waals surface area contributed by atoms with E-state index in [0.29, 0.717) is 44.0 Å². The molecule has 1 aliphatic heterocycles. The van der Waals surface area contributed by atoms with Gasteiger partial charge in [-0.2, -0.15) is 0 Å². The molecule has 3 heterocycles. The predicted octanol–water partition coefficient (Wildman–Crippen LogP) is 0.986. The number of carbonyl (C=O) groups excluding carboxylic acids is 1. The van der Waals surface area contributed by atoms with E-state index in [0.717, 1.165) is 5.56 Å². The van der Waals surface area contributed by atoms with Gasteiger partial charge < -0.3 is 15.4 Å². The van der Waals surface area contributed by atoms with Gasteiger partial charge in [0.05, 0.1) is 13.2 Å². The number of nitrogens with zero attached hydrogens (tertiary/aromatic N) is 4. The number of pyridine rings is 1. The highest BCUT2D eigenvalue weighted by Gasteiger charge is 2.27. The van der Waals surface area contributed by atoms with E-state index < -0.39 is 0 Å². The Kier molecular flexibility index (Phi) is 4.77. The summed E-state index contributed by atoms with van der Waals surface area (Å²) in [4.78, 5) is 26.5. The van der Waals surface area contributed by atoms with Crippen molar-refractivity contribution in [1.82, 2.24) is 19.9 Å². The Labute approximate surface area is 134 Å². The molecule has 2 aromatic heterocycles. The number of nitrogens with two attached hydrogens (primary N) is 1. The minimum Gasteiger partial charge on any atom is -0.382 e. The average Bonchev–Trinajstić information content (AvgIpc) is 2.61. The maximum atomic E-state index is 12.4. The van der Waals surface area contributed by atoms with Crippen LogP contribution in [0.3, 0.4) is 0 Å². The highest BCUT2D eigenvalue weighted by Crippen LogP contribution is 2.24. The summed E-state index contributed by atoms with van der Waals surface area (Å²) in [6.45, 7) is 1.51. The fourth-order valence-electron chi connectivity index (χ4n) is 2.60. The van der Waals surface area contributed by atoms with Gasteiger partial charge in [0, 0.05) is 37.8 Å². The third-order valence-electron chi connectivity index (χ3n) is 3.83. The standard InChI is InChI=1S/C16H19N5O2/c17-16-15(19-6-7-20-16)13-11-21(8-9-23-13)14(22)4-3-12-2-1-5-18-10-12/h1-2,5-7,10,13H,3-4,8-9,11H2,(H2,17,20)/t13-/m1/s1. The van der Waals surface area contributed by atoms with Crippen LogP contribution in [-0.2, 0) is 16.0 Å². The van der Waals surface area contributed by atoms with E-state index in [1.165, 1.54) is 0 Å². The molecule has 1 amide bonds. The lowest BCUT2D eigenvalue weighted by Crippen LogP contribution is -2.42. The summed E-state index contributed by atoms with van der Waals surface area (Å²) in [5, 5.41) is 0. The van der Waals surface area contributed by atoms with Gasteiger partial charge in [-0.15, -0.1) is 0 Å². The summed E-state index contributed by atoms with van der Waals surface area (Å²) < 4.78 is 5.70. The van der Waals surface area contributed by atoms with Gasteiger partial charge in [0.1, 0.15) is 17.6 Å². The van der Waals surface area contributed by atoms with E-state index in [1.807, 2.05) is 12.1 Å². The summed E-state index contributed by atoms with van der Waals surface area (Å²) in [6.07, 6.45) is 7.45. The first-order valence-corrected chi connectivity index (χ1v) is 7.58. The molecule has 0 radical (unpaired) electrons. The number of aromatic nitrogens is 3. The van der Waals surface area contributed by atoms with Crippen molar-refractivity contribution < 1.29 is 9.53 Å². The van der Waals surface area contributed by atoms with Crippen LogP contribution in [0, 0.1) is 0 Å². The second kappa shape index (κ2) is 7.15. The number of carbonyl (C=O) groups is 1. The van der Waals surface area contributed by atoms with Gasteiger partial charge in [-0.05, 0) is 18.1 Å². The normalized spacial score (nSPS) is 17.9. The number of hydrogen-bond donors (Lipinski definition) is 1. The number of amides is 1. The maximum Gasteiger partial charge on any atom is 0.223 e. The summed E-state index contributed by atoms with van der Waals surface area (Å²) in [6, 6.07) is 3.85. The summed E-state index contributed by atoms with van der Waals surface area (Å²) >= 11 is 0. The number of hydrogen-bond acceptors (Lipinski definition) is 6. The molecule has 7 heteroatoms. The summed E-state index contributed by atoms with van der Waals surface area (Å²) in [5.41, 5.74) is 7.50. The summed E-state index contributed by atoms with van der Waals surface area (Å²) in [5.74, 6) is 0.451. The minimum atomic E-state index is -0.320. The zero-order valence-electron chi connectivity index (χ0n) is 12.8. The van der Waals surface area contributed by atoms with E-state index in [2.05, 4.69) is 15.0 Å². The van der Waals surface area contributed by atoms with Crippen molar-refractivity contribution in [3.05, 3.63) is 48.2 Å². The number of ether oxygens (including phenoxy) is 1. The van der Waals surface area contributed by atoms with Crippen molar-refractivity contribution in [3.8, 4) is 0 Å². The molecule has 3 rings (SSSR count). The van der Waals surface area contributed by atoms with E-state index in [9.17, 15) is 4.79 Å². The molecule has 7 nitrogen and oxygen atoms in total. The number of morpholine rings is 1. The van der Waals surface area contributed by atoms with Crippen molar-refractivity contribution in [1.29, 1.82) is 0 Å². The van der Waals surface area contributed by atoms with E-state index in [4.69, 9.17) is 10.5 Å². The van der Waals surface area contributed by atoms with E-state index >= 15 is 0 Å². The van der Waals surface area contributed by atoms with E-state index in [-0.39, 0.29) is 12.0 Å². The molecule has 0 unspecified atom stereocenters. The Morgan fingerprint density at radius 1 is 1.35 bits per heavy atom. The Balaban J connectivity index is 1.60. The molecule has 2 aromatic rings. The van der Waals surface area contributed by atoms with Crippen molar-refractivity contribution >= 4 is 11.7 Å². The molecule has 120 valence electrons. The SMILES string of the molecule is Nc1nccnc1[C@H]1CN(C(=O)CCc2cccnc2)CCO1. The van der Waals surface area contributed by atoms with Crippen molar-refractivity contribution in [2.75, 3.05) is 25.4 Å². The topological polar surface area (TPSA) is 94.2 Å². The third-order valence-corrected chi connectivity index (χ3v) is 3.83. The van der Waals surface area contributed by atoms with Gasteiger partial charge in [-0.25, -0.2) is 4.98 Å². The van der Waals surface area contributed by atoms with Gasteiger partial charge in [0.15, 0.2) is 0 Å². The first kappa shape index (κ1) is 15.4. The average molecular weight is 313 g/mol. The Hall–Kier alpha value is -2.54. The first-order chi connectivity index (χ1) is 11.2. The molecule has 1 aliphatic rings.